The maximum absolute atomic E-state index is 13.0. The largest absolute Gasteiger partial charge is 0.465 e. The van der Waals surface area contributed by atoms with Crippen LogP contribution in [0.3, 0.4) is 0 Å². The molecule has 0 atom stereocenters. The van der Waals surface area contributed by atoms with Gasteiger partial charge in [-0.1, -0.05) is 31.6 Å². The summed E-state index contributed by atoms with van der Waals surface area (Å²) in [6.07, 6.45) is 5.09. The Bertz CT molecular complexity index is 824. The SMILES string of the molecule is CCCCNc1c(/C=C/c2ccc(F)cc2)oc(C(=O)OC)c1C(=O)OC. The Morgan fingerprint density at radius 1 is 1.11 bits per heavy atom. The first-order chi connectivity index (χ1) is 13.0. The first-order valence-corrected chi connectivity index (χ1v) is 8.52. The third kappa shape index (κ3) is 4.97. The Hall–Kier alpha value is -3.09. The highest BCUT2D eigenvalue weighted by atomic mass is 19.1. The molecule has 0 saturated heterocycles. The third-order valence-corrected chi connectivity index (χ3v) is 3.83. The van der Waals surface area contributed by atoms with Gasteiger partial charge < -0.3 is 19.2 Å². The lowest BCUT2D eigenvalue weighted by molar-refractivity contribution is 0.0528. The molecular formula is C20H22FNO5. The fourth-order valence-electron chi connectivity index (χ4n) is 2.41. The molecule has 1 aromatic carbocycles. The van der Waals surface area contributed by atoms with Crippen molar-refractivity contribution >= 4 is 29.8 Å². The van der Waals surface area contributed by atoms with Gasteiger partial charge in [-0.3, -0.25) is 0 Å². The summed E-state index contributed by atoms with van der Waals surface area (Å²) in [5, 5.41) is 3.13. The lowest BCUT2D eigenvalue weighted by Gasteiger charge is -2.07. The summed E-state index contributed by atoms with van der Waals surface area (Å²) in [4.78, 5) is 24.3. The van der Waals surface area contributed by atoms with Crippen LogP contribution in [0.25, 0.3) is 12.2 Å². The number of unbranched alkanes of at least 4 members (excludes halogenated alkanes) is 1. The minimum absolute atomic E-state index is 0.0146. The molecule has 1 aromatic heterocycles. The zero-order valence-electron chi connectivity index (χ0n) is 15.5. The minimum atomic E-state index is -0.782. The summed E-state index contributed by atoms with van der Waals surface area (Å²) in [7, 11) is 2.42. The van der Waals surface area contributed by atoms with Gasteiger partial charge in [0.2, 0.25) is 5.76 Å². The molecule has 0 aliphatic rings. The number of carbonyl (C=O) groups is 2. The van der Waals surface area contributed by atoms with Crippen LogP contribution < -0.4 is 5.32 Å². The number of carbonyl (C=O) groups excluding carboxylic acids is 2. The topological polar surface area (TPSA) is 77.8 Å². The second kappa shape index (κ2) is 9.56. The normalized spacial score (nSPS) is 10.8. The fourth-order valence-corrected chi connectivity index (χ4v) is 2.41. The lowest BCUT2D eigenvalue weighted by Crippen LogP contribution is -2.12. The van der Waals surface area contributed by atoms with E-state index in [0.717, 1.165) is 18.4 Å². The number of halogens is 1. The summed E-state index contributed by atoms with van der Waals surface area (Å²) in [5.74, 6) is -1.79. The maximum atomic E-state index is 13.0. The molecule has 0 unspecified atom stereocenters. The first kappa shape index (κ1) is 20.2. The van der Waals surface area contributed by atoms with Crippen LogP contribution in [-0.2, 0) is 9.47 Å². The van der Waals surface area contributed by atoms with Gasteiger partial charge in [-0.25, -0.2) is 14.0 Å². The van der Waals surface area contributed by atoms with E-state index in [2.05, 4.69) is 5.32 Å². The zero-order valence-corrected chi connectivity index (χ0v) is 15.5. The second-order valence-corrected chi connectivity index (χ2v) is 5.69. The molecule has 6 nitrogen and oxygen atoms in total. The standard InChI is InChI=1S/C20H22FNO5/c1-4-5-12-22-17-15(11-8-13-6-9-14(21)10-7-13)27-18(20(24)26-3)16(17)19(23)25-2/h6-11,22H,4-5,12H2,1-3H3/b11-8+. The smallest absolute Gasteiger partial charge is 0.374 e. The van der Waals surface area contributed by atoms with Crippen molar-refractivity contribution in [2.24, 2.45) is 0 Å². The van der Waals surface area contributed by atoms with Gasteiger partial charge in [0.15, 0.2) is 5.76 Å². The van der Waals surface area contributed by atoms with Crippen LogP contribution in [0, 0.1) is 5.82 Å². The van der Waals surface area contributed by atoms with Crippen molar-refractivity contribution in [2.45, 2.75) is 19.8 Å². The second-order valence-electron chi connectivity index (χ2n) is 5.69. The number of esters is 2. The Kier molecular flexibility index (Phi) is 7.16. The van der Waals surface area contributed by atoms with Crippen molar-refractivity contribution in [3.8, 4) is 0 Å². The summed E-state index contributed by atoms with van der Waals surface area (Å²) < 4.78 is 28.1. The van der Waals surface area contributed by atoms with E-state index in [1.54, 1.807) is 24.3 Å². The van der Waals surface area contributed by atoms with Crippen LogP contribution in [0.4, 0.5) is 10.1 Å². The minimum Gasteiger partial charge on any atom is -0.465 e. The molecule has 1 heterocycles. The number of furan rings is 1. The lowest BCUT2D eigenvalue weighted by atomic mass is 10.1. The molecule has 0 amide bonds. The van der Waals surface area contributed by atoms with E-state index in [-0.39, 0.29) is 22.9 Å². The van der Waals surface area contributed by atoms with Gasteiger partial charge in [-0.15, -0.1) is 0 Å². The molecule has 0 spiro atoms. The molecule has 7 heteroatoms. The molecular weight excluding hydrogens is 353 g/mol. The number of anilines is 1. The van der Waals surface area contributed by atoms with Crippen molar-refractivity contribution in [2.75, 3.05) is 26.1 Å². The van der Waals surface area contributed by atoms with Crippen LogP contribution in [0.1, 0.15) is 52.0 Å². The Labute approximate surface area is 157 Å². The van der Waals surface area contributed by atoms with Gasteiger partial charge in [0.1, 0.15) is 11.4 Å². The molecule has 0 aliphatic heterocycles. The first-order valence-electron chi connectivity index (χ1n) is 8.52. The van der Waals surface area contributed by atoms with E-state index < -0.39 is 11.9 Å². The number of ether oxygens (including phenoxy) is 2. The van der Waals surface area contributed by atoms with Crippen molar-refractivity contribution in [1.29, 1.82) is 0 Å². The summed E-state index contributed by atoms with van der Waals surface area (Å²) >= 11 is 0. The molecule has 27 heavy (non-hydrogen) atoms. The molecule has 0 aliphatic carbocycles. The predicted octanol–water partition coefficient (Wildman–Crippen LogP) is 4.37. The van der Waals surface area contributed by atoms with Crippen molar-refractivity contribution in [1.82, 2.24) is 0 Å². The van der Waals surface area contributed by atoms with Crippen molar-refractivity contribution < 1.29 is 27.9 Å². The number of benzene rings is 1. The van der Waals surface area contributed by atoms with E-state index in [9.17, 15) is 14.0 Å². The zero-order chi connectivity index (χ0) is 19.8. The van der Waals surface area contributed by atoms with Crippen molar-refractivity contribution in [3.05, 3.63) is 52.7 Å². The number of rotatable bonds is 8. The number of nitrogens with one attached hydrogen (secondary N) is 1. The Balaban J connectivity index is 2.49. The van der Waals surface area contributed by atoms with Gasteiger partial charge >= 0.3 is 11.9 Å². The quantitative estimate of drug-likeness (QED) is 0.545. The van der Waals surface area contributed by atoms with E-state index >= 15 is 0 Å². The molecule has 0 saturated carbocycles. The predicted molar refractivity (Wildman–Crippen MR) is 100 cm³/mol. The van der Waals surface area contributed by atoms with Gasteiger partial charge in [0, 0.05) is 6.54 Å². The summed E-state index contributed by atoms with van der Waals surface area (Å²) in [5.41, 5.74) is 1.07. The summed E-state index contributed by atoms with van der Waals surface area (Å²) in [6, 6.07) is 5.87. The number of hydrogen-bond donors (Lipinski definition) is 1. The van der Waals surface area contributed by atoms with Gasteiger partial charge in [0.25, 0.3) is 0 Å². The maximum Gasteiger partial charge on any atom is 0.374 e. The molecule has 0 radical (unpaired) electrons. The third-order valence-electron chi connectivity index (χ3n) is 3.83. The van der Waals surface area contributed by atoms with E-state index in [4.69, 9.17) is 13.9 Å². The van der Waals surface area contributed by atoms with E-state index in [1.165, 1.54) is 26.4 Å². The highest BCUT2D eigenvalue weighted by molar-refractivity contribution is 6.07. The highest BCUT2D eigenvalue weighted by Gasteiger charge is 2.30. The monoisotopic (exact) mass is 375 g/mol. The van der Waals surface area contributed by atoms with E-state index in [1.807, 2.05) is 6.92 Å². The van der Waals surface area contributed by atoms with Crippen LogP contribution >= 0.6 is 0 Å². The molecule has 144 valence electrons. The molecule has 1 N–H and O–H groups in total. The molecule has 0 fully saturated rings. The van der Waals surface area contributed by atoms with Gasteiger partial charge in [-0.2, -0.15) is 0 Å². The number of hydrogen-bond acceptors (Lipinski definition) is 6. The highest BCUT2D eigenvalue weighted by Crippen LogP contribution is 2.31. The average molecular weight is 375 g/mol. The average Bonchev–Trinajstić information content (AvgIpc) is 3.05. The van der Waals surface area contributed by atoms with E-state index in [0.29, 0.717) is 12.2 Å². The molecule has 2 rings (SSSR count). The van der Waals surface area contributed by atoms with Crippen molar-refractivity contribution in [3.63, 3.8) is 0 Å². The van der Waals surface area contributed by atoms with Crippen LogP contribution in [0.2, 0.25) is 0 Å². The van der Waals surface area contributed by atoms with Gasteiger partial charge in [0.05, 0.1) is 19.9 Å². The Morgan fingerprint density at radius 2 is 1.78 bits per heavy atom. The number of methoxy groups -OCH3 is 2. The van der Waals surface area contributed by atoms with Crippen LogP contribution in [-0.4, -0.2) is 32.7 Å². The van der Waals surface area contributed by atoms with Crippen LogP contribution in [0.15, 0.2) is 28.7 Å². The fraction of sp³-hybridized carbons (Fsp3) is 0.300. The molecule has 0 bridgehead atoms. The Morgan fingerprint density at radius 3 is 2.37 bits per heavy atom. The van der Waals surface area contributed by atoms with Crippen LogP contribution in [0.5, 0.6) is 0 Å². The summed E-state index contributed by atoms with van der Waals surface area (Å²) in [6.45, 7) is 2.62. The molecule has 2 aromatic rings. The van der Waals surface area contributed by atoms with Gasteiger partial charge in [-0.05, 0) is 30.2 Å².